The maximum atomic E-state index is 13.2. The Kier molecular flexibility index (Phi) is 25.2. The van der Waals surface area contributed by atoms with Crippen molar-refractivity contribution < 1.29 is 18.3 Å². The molecular weight excluding hydrogens is 640 g/mol. The van der Waals surface area contributed by atoms with Gasteiger partial charge in [-0.2, -0.15) is 0 Å². The Morgan fingerprint density at radius 2 is 1.31 bits per heavy atom. The van der Waals surface area contributed by atoms with Crippen molar-refractivity contribution in [1.29, 1.82) is 0 Å². The summed E-state index contributed by atoms with van der Waals surface area (Å²) in [4.78, 5) is 18.6. The summed E-state index contributed by atoms with van der Waals surface area (Å²) in [7, 11) is 2.08. The van der Waals surface area contributed by atoms with Gasteiger partial charge in [-0.25, -0.2) is 8.78 Å². The van der Waals surface area contributed by atoms with Gasteiger partial charge in [0.15, 0.2) is 12.4 Å². The number of rotatable bonds is 16. The Hall–Kier alpha value is -3.45. The largest absolute Gasteiger partial charge is 0.481 e. The van der Waals surface area contributed by atoms with Gasteiger partial charge in [-0.15, -0.1) is 0 Å². The lowest BCUT2D eigenvalue weighted by molar-refractivity contribution is -0.114. The monoisotopic (exact) mass is 710 g/mol. The third-order valence-corrected chi connectivity index (χ3v) is 8.74. The minimum Gasteiger partial charge on any atom is -0.481 e. The highest BCUT2D eigenvalue weighted by Crippen LogP contribution is 2.28. The van der Waals surface area contributed by atoms with Crippen LogP contribution < -0.4 is 14.5 Å². The smallest absolute Gasteiger partial charge is 0.160 e. The zero-order valence-corrected chi connectivity index (χ0v) is 33.2. The molecule has 0 bridgehead atoms. The predicted octanol–water partition coefficient (Wildman–Crippen LogP) is 11.4. The minimum absolute atomic E-state index is 0.171. The summed E-state index contributed by atoms with van der Waals surface area (Å²) in [6.45, 7) is 20.7. The topological polar surface area (TPSA) is 36.0 Å². The summed E-state index contributed by atoms with van der Waals surface area (Å²) in [6, 6.07) is 21.0. The average Bonchev–Trinajstić information content (AvgIpc) is 3.15. The molecule has 1 saturated heterocycles. The van der Waals surface area contributed by atoms with Crippen molar-refractivity contribution in [2.75, 3.05) is 56.1 Å². The van der Waals surface area contributed by atoms with Crippen molar-refractivity contribution >= 4 is 17.7 Å². The number of unbranched alkanes of at least 4 members (excludes halogenated alkanes) is 4. The highest BCUT2D eigenvalue weighted by atomic mass is 19.1. The second kappa shape index (κ2) is 28.2. The quantitative estimate of drug-likeness (QED) is 0.109. The maximum absolute atomic E-state index is 13.2. The molecule has 286 valence electrons. The summed E-state index contributed by atoms with van der Waals surface area (Å²) in [5.74, 6) is 1.29. The van der Waals surface area contributed by atoms with Crippen molar-refractivity contribution in [3.8, 4) is 5.75 Å². The van der Waals surface area contributed by atoms with E-state index < -0.39 is 6.10 Å². The molecule has 1 aliphatic heterocycles. The Labute approximate surface area is 310 Å². The number of carbonyl (C=O) groups excluding carboxylic acids is 1. The third-order valence-electron chi connectivity index (χ3n) is 8.74. The van der Waals surface area contributed by atoms with E-state index in [4.69, 9.17) is 4.74 Å². The highest BCUT2D eigenvalue weighted by Gasteiger charge is 2.20. The fourth-order valence-corrected chi connectivity index (χ4v) is 5.25. The average molecular weight is 710 g/mol. The maximum Gasteiger partial charge on any atom is 0.160 e. The van der Waals surface area contributed by atoms with Gasteiger partial charge in [0.05, 0.1) is 5.69 Å². The molecule has 51 heavy (non-hydrogen) atoms. The van der Waals surface area contributed by atoms with E-state index in [1.807, 2.05) is 37.3 Å². The number of aldehydes is 1. The molecule has 5 nitrogen and oxygen atoms in total. The van der Waals surface area contributed by atoms with Crippen LogP contribution in [0.4, 0.5) is 20.2 Å². The van der Waals surface area contributed by atoms with E-state index in [9.17, 15) is 13.6 Å². The number of halogens is 2. The summed E-state index contributed by atoms with van der Waals surface area (Å²) >= 11 is 0. The van der Waals surface area contributed by atoms with Crippen LogP contribution in [-0.4, -0.2) is 63.6 Å². The highest BCUT2D eigenvalue weighted by molar-refractivity contribution is 5.61. The molecule has 4 rings (SSSR count). The van der Waals surface area contributed by atoms with Crippen LogP contribution in [0.15, 0.2) is 72.8 Å². The molecule has 3 aromatic carbocycles. The molecule has 0 amide bonds. The Bertz CT molecular complexity index is 1240. The second-order valence-electron chi connectivity index (χ2n) is 13.8. The lowest BCUT2D eigenvalue weighted by Crippen LogP contribution is -2.47. The van der Waals surface area contributed by atoms with Crippen LogP contribution in [0.25, 0.3) is 0 Å². The molecule has 1 heterocycles. The van der Waals surface area contributed by atoms with Crippen LogP contribution in [0.1, 0.15) is 105 Å². The van der Waals surface area contributed by atoms with E-state index >= 15 is 0 Å². The van der Waals surface area contributed by atoms with E-state index in [0.29, 0.717) is 6.42 Å². The van der Waals surface area contributed by atoms with E-state index in [1.165, 1.54) is 69.2 Å². The minimum atomic E-state index is -0.463. The fraction of sp³-hybridized carbons (Fsp3) is 0.568. The zero-order chi connectivity index (χ0) is 37.9. The second-order valence-corrected chi connectivity index (χ2v) is 13.8. The zero-order valence-electron chi connectivity index (χ0n) is 33.2. The van der Waals surface area contributed by atoms with Crippen LogP contribution in [0, 0.1) is 24.5 Å². The number of carbonyl (C=O) groups is 1. The summed E-state index contributed by atoms with van der Waals surface area (Å²) in [6.07, 6.45) is 11.4. The number of hydrogen-bond donors (Lipinski definition) is 0. The number of anilines is 2. The van der Waals surface area contributed by atoms with Gasteiger partial charge >= 0.3 is 0 Å². The number of ether oxygens (including phenoxy) is 1. The standard InChI is InChI=1S/C26H36FN3O2.C7H7F.C7H16.C4H10/c1-3-4-7-15-28(2)25-8-5-6-9-26(25)32-24(21-31)14-16-29-17-19-30(20-18-29)23-12-10-22(27)11-13-23;1-6-2-4-7(8)5-3-6;1-4-5-6-7(2)3;1-3-4-2/h5-6,8-13,21,24H,3-4,7,14-20H2,1-2H3;2-5H,1H3;7H,4-6H2,1-3H3;3-4H2,1-2H3. The summed E-state index contributed by atoms with van der Waals surface area (Å²) in [5.41, 5.74) is 3.18. The van der Waals surface area contributed by atoms with Crippen molar-refractivity contribution in [1.82, 2.24) is 4.90 Å². The van der Waals surface area contributed by atoms with E-state index in [-0.39, 0.29) is 11.6 Å². The number of benzene rings is 3. The molecule has 3 aromatic rings. The molecule has 0 spiro atoms. The predicted molar refractivity (Wildman–Crippen MR) is 215 cm³/mol. The Morgan fingerprint density at radius 1 is 0.745 bits per heavy atom. The Morgan fingerprint density at radius 3 is 1.80 bits per heavy atom. The summed E-state index contributed by atoms with van der Waals surface area (Å²) in [5, 5.41) is 0. The first-order valence-corrected chi connectivity index (χ1v) is 19.4. The molecule has 0 aromatic heterocycles. The van der Waals surface area contributed by atoms with Crippen LogP contribution in [0.5, 0.6) is 5.75 Å². The molecule has 0 saturated carbocycles. The van der Waals surface area contributed by atoms with Crippen molar-refractivity contribution in [3.63, 3.8) is 0 Å². The lowest BCUT2D eigenvalue weighted by Gasteiger charge is -2.36. The molecule has 7 heteroatoms. The molecule has 0 radical (unpaired) electrons. The first kappa shape index (κ1) is 45.6. The van der Waals surface area contributed by atoms with Crippen LogP contribution >= 0.6 is 0 Å². The normalized spacial score (nSPS) is 13.1. The van der Waals surface area contributed by atoms with Gasteiger partial charge in [-0.05, 0) is 67.8 Å². The molecule has 1 unspecified atom stereocenters. The fourth-order valence-electron chi connectivity index (χ4n) is 5.25. The van der Waals surface area contributed by atoms with Gasteiger partial charge in [0.25, 0.3) is 0 Å². The van der Waals surface area contributed by atoms with E-state index in [0.717, 1.165) is 80.6 Å². The number of aryl methyl sites for hydroxylation is 1. The summed E-state index contributed by atoms with van der Waals surface area (Å²) < 4.78 is 31.4. The van der Waals surface area contributed by atoms with Crippen LogP contribution in [-0.2, 0) is 4.79 Å². The number of hydrogen-bond acceptors (Lipinski definition) is 5. The van der Waals surface area contributed by atoms with E-state index in [1.54, 1.807) is 12.1 Å². The van der Waals surface area contributed by atoms with Gasteiger partial charge in [-0.3, -0.25) is 9.69 Å². The molecule has 1 fully saturated rings. The molecule has 1 atom stereocenters. The molecule has 1 aliphatic rings. The van der Waals surface area contributed by atoms with Gasteiger partial charge in [0, 0.05) is 58.4 Å². The van der Waals surface area contributed by atoms with Crippen LogP contribution in [0.2, 0.25) is 0 Å². The first-order valence-electron chi connectivity index (χ1n) is 19.4. The van der Waals surface area contributed by atoms with Gasteiger partial charge < -0.3 is 14.5 Å². The molecule has 0 N–H and O–H groups in total. The SMILES string of the molecule is CCCC.CCCCC(C)C.CCCCCN(C)c1ccccc1OC(C=O)CCN1CCN(c2ccc(F)cc2)CC1.Cc1ccc(F)cc1. The van der Waals surface area contributed by atoms with Crippen molar-refractivity contribution in [2.45, 2.75) is 112 Å². The van der Waals surface area contributed by atoms with Crippen LogP contribution in [0.3, 0.4) is 0 Å². The van der Waals surface area contributed by atoms with E-state index in [2.05, 4.69) is 69.4 Å². The number of nitrogens with zero attached hydrogens (tertiary/aromatic N) is 3. The first-order chi connectivity index (χ1) is 24.6. The van der Waals surface area contributed by atoms with Gasteiger partial charge in [-0.1, -0.05) is 116 Å². The van der Waals surface area contributed by atoms with Crippen molar-refractivity contribution in [3.05, 3.63) is 90.0 Å². The molecular formula is C44H69F2N3O2. The lowest BCUT2D eigenvalue weighted by atomic mass is 10.1. The van der Waals surface area contributed by atoms with Gasteiger partial charge in [0.1, 0.15) is 17.4 Å². The third kappa shape index (κ3) is 20.9. The Balaban J connectivity index is 0.000000555. The van der Waals surface area contributed by atoms with Crippen molar-refractivity contribution in [2.24, 2.45) is 5.92 Å². The van der Waals surface area contributed by atoms with Gasteiger partial charge in [0.2, 0.25) is 0 Å². The number of piperazine rings is 1. The molecule has 0 aliphatic carbocycles. The number of para-hydroxylation sites is 2.